The Bertz CT molecular complexity index is 698. The average molecular weight is 455 g/mol. The van der Waals surface area contributed by atoms with Crippen LogP contribution in [0.5, 0.6) is 11.5 Å². The minimum Gasteiger partial charge on any atom is -0.494 e. The first-order chi connectivity index (χ1) is 15.9. The number of hydrogen-bond acceptors (Lipinski definition) is 4. The van der Waals surface area contributed by atoms with E-state index in [9.17, 15) is 0 Å². The maximum absolute atomic E-state index is 5.96. The smallest absolute Gasteiger partial charge is 0.119 e. The topological polar surface area (TPSA) is 24.9 Å². The zero-order chi connectivity index (χ0) is 24.1. The SMILES string of the molecule is CCN(CC)CCCOc1ccc(C(C)(C)c2ccc(OCCCN(CC)CC)cc2)cc1. The molecule has 0 spiro atoms. The van der Waals surface area contributed by atoms with E-state index >= 15 is 0 Å². The summed E-state index contributed by atoms with van der Waals surface area (Å²) in [6.07, 6.45) is 2.11. The molecule has 0 saturated carbocycles. The van der Waals surface area contributed by atoms with Crippen LogP contribution in [0.25, 0.3) is 0 Å². The molecule has 2 rings (SSSR count). The Labute approximate surface area is 202 Å². The van der Waals surface area contributed by atoms with Crippen molar-refractivity contribution >= 4 is 0 Å². The third-order valence-electron chi connectivity index (χ3n) is 6.72. The van der Waals surface area contributed by atoms with E-state index in [0.717, 1.165) is 76.8 Å². The zero-order valence-corrected chi connectivity index (χ0v) is 21.9. The second-order valence-corrected chi connectivity index (χ2v) is 9.13. The van der Waals surface area contributed by atoms with Gasteiger partial charge in [-0.2, -0.15) is 0 Å². The lowest BCUT2D eigenvalue weighted by Crippen LogP contribution is -2.25. The number of rotatable bonds is 16. The predicted molar refractivity (Wildman–Crippen MR) is 141 cm³/mol. The van der Waals surface area contributed by atoms with E-state index in [2.05, 4.69) is 99.9 Å². The maximum Gasteiger partial charge on any atom is 0.119 e. The van der Waals surface area contributed by atoms with Crippen molar-refractivity contribution < 1.29 is 9.47 Å². The fourth-order valence-electron chi connectivity index (χ4n) is 4.14. The van der Waals surface area contributed by atoms with E-state index in [1.165, 1.54) is 11.1 Å². The monoisotopic (exact) mass is 454 g/mol. The van der Waals surface area contributed by atoms with Crippen LogP contribution in [0.3, 0.4) is 0 Å². The van der Waals surface area contributed by atoms with Gasteiger partial charge in [0.2, 0.25) is 0 Å². The Kier molecular flexibility index (Phi) is 11.8. The summed E-state index contributed by atoms with van der Waals surface area (Å²) in [7, 11) is 0. The molecule has 184 valence electrons. The van der Waals surface area contributed by atoms with Crippen LogP contribution in [0, 0.1) is 0 Å². The second kappa shape index (κ2) is 14.3. The first-order valence-corrected chi connectivity index (χ1v) is 12.9. The molecule has 0 fully saturated rings. The summed E-state index contributed by atoms with van der Waals surface area (Å²) in [5.41, 5.74) is 2.49. The highest BCUT2D eigenvalue weighted by molar-refractivity contribution is 5.41. The Morgan fingerprint density at radius 3 is 1.21 bits per heavy atom. The predicted octanol–water partition coefficient (Wildman–Crippen LogP) is 6.23. The van der Waals surface area contributed by atoms with Crippen molar-refractivity contribution in [3.05, 3.63) is 59.7 Å². The van der Waals surface area contributed by atoms with Gasteiger partial charge in [-0.1, -0.05) is 65.8 Å². The van der Waals surface area contributed by atoms with E-state index in [0.29, 0.717) is 0 Å². The minimum absolute atomic E-state index is 0.0808. The lowest BCUT2D eigenvalue weighted by molar-refractivity contribution is 0.249. The fourth-order valence-corrected chi connectivity index (χ4v) is 4.14. The largest absolute Gasteiger partial charge is 0.494 e. The molecule has 33 heavy (non-hydrogen) atoms. The van der Waals surface area contributed by atoms with E-state index in [1.807, 2.05) is 0 Å². The molecule has 0 aliphatic rings. The van der Waals surface area contributed by atoms with Gasteiger partial charge in [0.25, 0.3) is 0 Å². The van der Waals surface area contributed by atoms with Gasteiger partial charge < -0.3 is 19.3 Å². The second-order valence-electron chi connectivity index (χ2n) is 9.13. The molecular formula is C29H46N2O2. The van der Waals surface area contributed by atoms with E-state index in [4.69, 9.17) is 9.47 Å². The number of nitrogens with zero attached hydrogens (tertiary/aromatic N) is 2. The lowest BCUT2D eigenvalue weighted by Gasteiger charge is -2.26. The van der Waals surface area contributed by atoms with Crippen molar-refractivity contribution in [1.29, 1.82) is 0 Å². The lowest BCUT2D eigenvalue weighted by atomic mass is 9.78. The molecule has 0 aliphatic carbocycles. The highest BCUT2D eigenvalue weighted by atomic mass is 16.5. The summed E-state index contributed by atoms with van der Waals surface area (Å²) in [4.78, 5) is 4.86. The Hall–Kier alpha value is -2.04. The molecule has 0 unspecified atom stereocenters. The molecule has 0 aliphatic heterocycles. The van der Waals surface area contributed by atoms with E-state index < -0.39 is 0 Å². The van der Waals surface area contributed by atoms with Gasteiger partial charge in [0.05, 0.1) is 13.2 Å². The van der Waals surface area contributed by atoms with Crippen molar-refractivity contribution in [3.8, 4) is 11.5 Å². The van der Waals surface area contributed by atoms with Crippen molar-refractivity contribution in [2.45, 2.75) is 59.8 Å². The third kappa shape index (κ3) is 8.68. The summed E-state index contributed by atoms with van der Waals surface area (Å²) >= 11 is 0. The molecule has 2 aromatic rings. The van der Waals surface area contributed by atoms with Gasteiger partial charge in [-0.25, -0.2) is 0 Å². The first kappa shape index (κ1) is 27.2. The van der Waals surface area contributed by atoms with Crippen LogP contribution in [0.4, 0.5) is 0 Å². The minimum atomic E-state index is -0.0808. The Morgan fingerprint density at radius 2 is 0.909 bits per heavy atom. The molecule has 4 heteroatoms. The fraction of sp³-hybridized carbons (Fsp3) is 0.586. The van der Waals surface area contributed by atoms with Gasteiger partial charge in [0, 0.05) is 18.5 Å². The van der Waals surface area contributed by atoms with Gasteiger partial charge in [0.15, 0.2) is 0 Å². The molecule has 0 atom stereocenters. The number of hydrogen-bond donors (Lipinski definition) is 0. The molecular weight excluding hydrogens is 408 g/mol. The van der Waals surface area contributed by atoms with Gasteiger partial charge in [-0.3, -0.25) is 0 Å². The van der Waals surface area contributed by atoms with Gasteiger partial charge in [0.1, 0.15) is 11.5 Å². The molecule has 4 nitrogen and oxygen atoms in total. The van der Waals surface area contributed by atoms with Crippen molar-refractivity contribution in [1.82, 2.24) is 9.80 Å². The first-order valence-electron chi connectivity index (χ1n) is 12.9. The van der Waals surface area contributed by atoms with Crippen LogP contribution in [0.2, 0.25) is 0 Å². The summed E-state index contributed by atoms with van der Waals surface area (Å²) in [6.45, 7) is 21.5. The van der Waals surface area contributed by atoms with Crippen LogP contribution >= 0.6 is 0 Å². The normalized spacial score (nSPS) is 11.9. The summed E-state index contributed by atoms with van der Waals surface area (Å²) < 4.78 is 11.9. The molecule has 0 radical (unpaired) electrons. The van der Waals surface area contributed by atoms with Crippen LogP contribution < -0.4 is 9.47 Å². The quantitative estimate of drug-likeness (QED) is 0.281. The maximum atomic E-state index is 5.96. The molecule has 0 bridgehead atoms. The standard InChI is InChI=1S/C29H46N2O2/c1-7-30(8-2)21-11-23-32-27-17-13-25(14-18-27)29(5,6)26-15-19-28(20-16-26)33-24-12-22-31(9-3)10-4/h13-20H,7-12,21-24H2,1-6H3. The van der Waals surface area contributed by atoms with Crippen LogP contribution in [-0.4, -0.2) is 62.3 Å². The van der Waals surface area contributed by atoms with Gasteiger partial charge in [-0.05, 0) is 74.4 Å². The summed E-state index contributed by atoms with van der Waals surface area (Å²) in [5.74, 6) is 1.89. The highest BCUT2D eigenvalue weighted by Crippen LogP contribution is 2.33. The molecule has 0 amide bonds. The van der Waals surface area contributed by atoms with Crippen LogP contribution in [0.1, 0.15) is 65.5 Å². The highest BCUT2D eigenvalue weighted by Gasteiger charge is 2.23. The third-order valence-corrected chi connectivity index (χ3v) is 6.72. The average Bonchev–Trinajstić information content (AvgIpc) is 2.85. The zero-order valence-electron chi connectivity index (χ0n) is 21.9. The number of ether oxygens (including phenoxy) is 2. The van der Waals surface area contributed by atoms with Crippen LogP contribution in [0.15, 0.2) is 48.5 Å². The van der Waals surface area contributed by atoms with Crippen molar-refractivity contribution in [2.24, 2.45) is 0 Å². The van der Waals surface area contributed by atoms with E-state index in [1.54, 1.807) is 0 Å². The van der Waals surface area contributed by atoms with Crippen molar-refractivity contribution in [3.63, 3.8) is 0 Å². The van der Waals surface area contributed by atoms with E-state index in [-0.39, 0.29) is 5.41 Å². The molecule has 0 N–H and O–H groups in total. The number of benzene rings is 2. The van der Waals surface area contributed by atoms with Crippen molar-refractivity contribution in [2.75, 3.05) is 52.5 Å². The van der Waals surface area contributed by atoms with Gasteiger partial charge in [-0.15, -0.1) is 0 Å². The Morgan fingerprint density at radius 1 is 0.576 bits per heavy atom. The molecule has 0 saturated heterocycles. The van der Waals surface area contributed by atoms with Gasteiger partial charge >= 0.3 is 0 Å². The summed E-state index contributed by atoms with van der Waals surface area (Å²) in [5, 5.41) is 0. The Balaban J connectivity index is 1.85. The summed E-state index contributed by atoms with van der Waals surface area (Å²) in [6, 6.07) is 17.2. The molecule has 0 aromatic heterocycles. The molecule has 2 aromatic carbocycles. The van der Waals surface area contributed by atoms with Crippen LogP contribution in [-0.2, 0) is 5.41 Å². The molecule has 0 heterocycles.